The Bertz CT molecular complexity index is 1890. The van der Waals surface area contributed by atoms with Crippen LogP contribution in [-0.2, 0) is 51.4 Å². The summed E-state index contributed by atoms with van der Waals surface area (Å²) in [5.41, 5.74) is 17.7. The lowest BCUT2D eigenvalue weighted by atomic mass is 10.0. The molecule has 0 saturated carbocycles. The number of nitrogens with zero attached hydrogens (tertiary/aromatic N) is 4. The van der Waals surface area contributed by atoms with Gasteiger partial charge in [-0.25, -0.2) is 0 Å². The second-order valence-electron chi connectivity index (χ2n) is 12.1. The molecule has 2 bridgehead atoms. The van der Waals surface area contributed by atoms with Crippen molar-refractivity contribution in [3.05, 3.63) is 88.7 Å². The van der Waals surface area contributed by atoms with Gasteiger partial charge in [0.1, 0.15) is 0 Å². The fraction of sp³-hybridized carbons (Fsp3) is 0.459. The SMILES string of the molecule is CCc1c(CC)c2n(P)c1C=c1c(CC)c(CC)c3n1C1n4c(c(CC)c(CC)c4C=c4c(CC)c(CC)/c(n41)=C/2)C=3. The van der Waals surface area contributed by atoms with Crippen LogP contribution >= 0.6 is 9.39 Å². The monoisotopic (exact) mass is 578 g/mol. The van der Waals surface area contributed by atoms with Gasteiger partial charge in [-0.05, 0) is 130 Å². The van der Waals surface area contributed by atoms with Crippen molar-refractivity contribution in [2.75, 3.05) is 0 Å². The predicted molar refractivity (Wildman–Crippen MR) is 180 cm³/mol. The van der Waals surface area contributed by atoms with Crippen LogP contribution in [0.3, 0.4) is 0 Å². The van der Waals surface area contributed by atoms with Crippen LogP contribution in [0.1, 0.15) is 129 Å². The van der Waals surface area contributed by atoms with Crippen molar-refractivity contribution in [3.63, 3.8) is 0 Å². The van der Waals surface area contributed by atoms with Gasteiger partial charge < -0.3 is 18.0 Å². The van der Waals surface area contributed by atoms with E-state index in [1.54, 1.807) is 0 Å². The van der Waals surface area contributed by atoms with Crippen LogP contribution in [0, 0.1) is 0 Å². The van der Waals surface area contributed by atoms with Gasteiger partial charge in [0.15, 0.2) is 6.29 Å². The standard InChI is InChI=1S/C37H47N4P/c1-9-21-22(10-2)30-18-32-24(12-4)26(14-6)34-20-36-28(16-8)27(15-7)35(41(36)42)19-33-25(13-5)23(11-3)31-17-29(21)38(30)37(39(31)33)40(32)34/h17-20,37H,9-16,42H2,1-8H3/b33-19-,34-20?,35-19?,36-20?. The number of hydrogen-bond acceptors (Lipinski definition) is 0. The highest BCUT2D eigenvalue weighted by molar-refractivity contribution is 7.14. The molecular formula is C37H47N4P. The quantitative estimate of drug-likeness (QED) is 0.230. The van der Waals surface area contributed by atoms with Crippen molar-refractivity contribution >= 4 is 33.7 Å². The minimum atomic E-state index is 0.0566. The molecule has 0 aliphatic carbocycles. The Kier molecular flexibility index (Phi) is 6.66. The maximum absolute atomic E-state index is 3.10. The van der Waals surface area contributed by atoms with Crippen LogP contribution in [0.2, 0.25) is 0 Å². The number of fused-ring (bicyclic) bond motifs is 2. The van der Waals surface area contributed by atoms with E-state index in [0.29, 0.717) is 0 Å². The predicted octanol–water partition coefficient (Wildman–Crippen LogP) is 4.84. The smallest absolute Gasteiger partial charge is 0.194 e. The van der Waals surface area contributed by atoms with Gasteiger partial charge >= 0.3 is 0 Å². The normalized spacial score (nSPS) is 16.4. The molecule has 7 rings (SSSR count). The van der Waals surface area contributed by atoms with E-state index in [4.69, 9.17) is 0 Å². The van der Waals surface area contributed by atoms with E-state index in [1.807, 2.05) is 0 Å². The Labute approximate surface area is 253 Å². The summed E-state index contributed by atoms with van der Waals surface area (Å²) in [6.07, 6.45) is 18.6. The lowest BCUT2D eigenvalue weighted by Gasteiger charge is -2.33. The van der Waals surface area contributed by atoms with Gasteiger partial charge in [0.25, 0.3) is 0 Å². The van der Waals surface area contributed by atoms with Gasteiger partial charge in [0, 0.05) is 11.4 Å². The molecule has 0 saturated heterocycles. The van der Waals surface area contributed by atoms with Crippen molar-refractivity contribution in [1.29, 1.82) is 0 Å². The van der Waals surface area contributed by atoms with E-state index in [0.717, 1.165) is 51.4 Å². The van der Waals surface area contributed by atoms with Crippen molar-refractivity contribution < 1.29 is 0 Å². The van der Waals surface area contributed by atoms with E-state index < -0.39 is 0 Å². The zero-order valence-corrected chi connectivity index (χ0v) is 28.1. The minimum absolute atomic E-state index is 0.0566. The molecule has 220 valence electrons. The van der Waals surface area contributed by atoms with Crippen molar-refractivity contribution in [1.82, 2.24) is 18.0 Å². The summed E-state index contributed by atoms with van der Waals surface area (Å²) in [5, 5.41) is 5.62. The maximum Gasteiger partial charge on any atom is 0.194 e. The molecule has 0 fully saturated rings. The van der Waals surface area contributed by atoms with Crippen molar-refractivity contribution in [2.45, 2.75) is 113 Å². The lowest BCUT2D eigenvalue weighted by Crippen LogP contribution is -2.51. The molecule has 2 atom stereocenters. The highest BCUT2D eigenvalue weighted by Crippen LogP contribution is 2.35. The van der Waals surface area contributed by atoms with E-state index in [9.17, 15) is 0 Å². The minimum Gasteiger partial charge on any atom is -0.325 e. The second kappa shape index (κ2) is 10.1. The first-order valence-corrected chi connectivity index (χ1v) is 17.1. The summed E-state index contributed by atoms with van der Waals surface area (Å²) in [4.78, 5) is 0. The first kappa shape index (κ1) is 27.8. The van der Waals surface area contributed by atoms with Gasteiger partial charge in [0.2, 0.25) is 0 Å². The van der Waals surface area contributed by atoms with Crippen LogP contribution in [-0.4, -0.2) is 18.0 Å². The topological polar surface area (TPSA) is 19.7 Å². The van der Waals surface area contributed by atoms with Crippen molar-refractivity contribution in [2.24, 2.45) is 0 Å². The molecule has 2 unspecified atom stereocenters. The highest BCUT2D eigenvalue weighted by Gasteiger charge is 2.36. The average Bonchev–Trinajstić information content (AvgIpc) is 3.67. The van der Waals surface area contributed by atoms with E-state index in [1.165, 1.54) is 88.7 Å². The Morgan fingerprint density at radius 3 is 0.952 bits per heavy atom. The van der Waals surface area contributed by atoms with Gasteiger partial charge in [-0.15, -0.1) is 0 Å². The third-order valence-electron chi connectivity index (χ3n) is 10.6. The summed E-state index contributed by atoms with van der Waals surface area (Å²) < 4.78 is 10.6. The van der Waals surface area contributed by atoms with Gasteiger partial charge in [0.05, 0.1) is 32.8 Å². The van der Waals surface area contributed by atoms with Gasteiger partial charge in [-0.1, -0.05) is 55.4 Å². The molecule has 3 aliphatic rings. The number of hydrogen-bond donors (Lipinski definition) is 0. The number of aromatic nitrogens is 4. The lowest BCUT2D eigenvalue weighted by molar-refractivity contribution is 0.327. The molecule has 0 N–H and O–H groups in total. The molecule has 4 aromatic rings. The summed E-state index contributed by atoms with van der Waals surface area (Å²) in [7, 11) is 3.10. The van der Waals surface area contributed by atoms with E-state index in [-0.39, 0.29) is 6.29 Å². The van der Waals surface area contributed by atoms with Crippen LogP contribution < -0.4 is 21.4 Å². The highest BCUT2D eigenvalue weighted by atomic mass is 31.0. The largest absolute Gasteiger partial charge is 0.325 e. The third-order valence-corrected chi connectivity index (χ3v) is 11.2. The van der Waals surface area contributed by atoms with E-state index in [2.05, 4.69) is 107 Å². The molecule has 0 spiro atoms. The summed E-state index contributed by atoms with van der Waals surface area (Å²) in [5.74, 6) is 0. The van der Waals surface area contributed by atoms with Gasteiger partial charge in [-0.3, -0.25) is 0 Å². The zero-order chi connectivity index (χ0) is 29.6. The Balaban J connectivity index is 1.84. The molecular weight excluding hydrogens is 531 g/mol. The van der Waals surface area contributed by atoms with Crippen LogP contribution in [0.25, 0.3) is 24.3 Å². The Morgan fingerprint density at radius 2 is 0.667 bits per heavy atom. The second-order valence-corrected chi connectivity index (χ2v) is 12.7. The van der Waals surface area contributed by atoms with Gasteiger partial charge in [-0.2, -0.15) is 0 Å². The first-order valence-electron chi connectivity index (χ1n) is 16.6. The van der Waals surface area contributed by atoms with Crippen molar-refractivity contribution in [3.8, 4) is 0 Å². The van der Waals surface area contributed by atoms with Crippen LogP contribution in [0.5, 0.6) is 0 Å². The Morgan fingerprint density at radius 1 is 0.405 bits per heavy atom. The average molecular weight is 579 g/mol. The molecule has 0 aromatic carbocycles. The van der Waals surface area contributed by atoms with Crippen LogP contribution in [0.4, 0.5) is 0 Å². The summed E-state index contributed by atoms with van der Waals surface area (Å²) >= 11 is 0. The molecule has 4 aromatic heterocycles. The van der Waals surface area contributed by atoms with E-state index >= 15 is 0 Å². The molecule has 7 heterocycles. The zero-order valence-electron chi connectivity index (χ0n) is 26.9. The summed E-state index contributed by atoms with van der Waals surface area (Å²) in [6.45, 7) is 18.8. The molecule has 4 nitrogen and oxygen atoms in total. The summed E-state index contributed by atoms with van der Waals surface area (Å²) in [6, 6.07) is 0. The fourth-order valence-electron chi connectivity index (χ4n) is 8.94. The molecule has 0 radical (unpaired) electrons. The molecule has 3 aliphatic heterocycles. The number of rotatable bonds is 8. The molecule has 5 heteroatoms. The fourth-order valence-corrected chi connectivity index (χ4v) is 9.40. The third kappa shape index (κ3) is 3.28. The molecule has 42 heavy (non-hydrogen) atoms. The Hall–Kier alpha value is -2.97. The molecule has 0 amide bonds. The van der Waals surface area contributed by atoms with Crippen LogP contribution in [0.15, 0.2) is 0 Å². The first-order chi connectivity index (χ1) is 20.4. The maximum atomic E-state index is 3.10.